The Morgan fingerprint density at radius 1 is 1.31 bits per heavy atom. The van der Waals surface area contributed by atoms with Crippen molar-refractivity contribution in [1.29, 1.82) is 0 Å². The summed E-state index contributed by atoms with van der Waals surface area (Å²) in [4.78, 5) is 18.5. The molecule has 0 aliphatic carbocycles. The number of nitrogens with zero attached hydrogens (tertiary/aromatic N) is 2. The number of carbonyl (C=O) groups excluding carboxylic acids is 1. The number of rotatable bonds is 2. The van der Waals surface area contributed by atoms with Gasteiger partial charge in [0.1, 0.15) is 23.2 Å². The summed E-state index contributed by atoms with van der Waals surface area (Å²) in [6.07, 6.45) is 1.70. The quantitative estimate of drug-likeness (QED) is 0.802. The molecule has 0 saturated carbocycles. The second kappa shape index (κ2) is 6.94. The van der Waals surface area contributed by atoms with E-state index in [0.717, 1.165) is 11.1 Å². The Hall–Kier alpha value is -2.63. The highest BCUT2D eigenvalue weighted by atomic mass is 19.1. The highest BCUT2D eigenvalue weighted by Gasteiger charge is 2.32. The average Bonchev–Trinajstić information content (AvgIpc) is 2.55. The molecule has 3 rings (SSSR count). The zero-order chi connectivity index (χ0) is 18.9. The molecule has 138 valence electrons. The van der Waals surface area contributed by atoms with Gasteiger partial charge in [-0.25, -0.2) is 14.2 Å². The van der Waals surface area contributed by atoms with Gasteiger partial charge in [0, 0.05) is 6.20 Å². The van der Waals surface area contributed by atoms with Crippen LogP contribution in [0.4, 0.5) is 14.9 Å². The van der Waals surface area contributed by atoms with Crippen LogP contribution in [0.5, 0.6) is 5.88 Å². The average molecular weight is 358 g/mol. The Morgan fingerprint density at radius 3 is 2.65 bits per heavy atom. The van der Waals surface area contributed by atoms with E-state index in [9.17, 15) is 9.18 Å². The van der Waals surface area contributed by atoms with Crippen LogP contribution in [0.2, 0.25) is 0 Å². The third-order valence-electron chi connectivity index (χ3n) is 3.87. The largest absolute Gasteiger partial charge is 0.471 e. The Balaban J connectivity index is 1.88. The van der Waals surface area contributed by atoms with Crippen LogP contribution in [0.25, 0.3) is 0 Å². The summed E-state index contributed by atoms with van der Waals surface area (Å²) < 4.78 is 24.3. The van der Waals surface area contributed by atoms with Crippen molar-refractivity contribution in [2.24, 2.45) is 0 Å². The first-order chi connectivity index (χ1) is 12.2. The van der Waals surface area contributed by atoms with Gasteiger partial charge in [0.15, 0.2) is 0 Å². The number of hydrogen-bond acceptors (Lipinski definition) is 4. The van der Waals surface area contributed by atoms with Crippen LogP contribution < -0.4 is 9.64 Å². The van der Waals surface area contributed by atoms with Crippen molar-refractivity contribution in [2.75, 3.05) is 11.4 Å². The molecule has 2 heterocycles. The number of benzene rings is 1. The van der Waals surface area contributed by atoms with E-state index in [2.05, 4.69) is 4.98 Å². The van der Waals surface area contributed by atoms with Gasteiger partial charge in [-0.3, -0.25) is 4.90 Å². The predicted molar refractivity (Wildman–Crippen MR) is 97.1 cm³/mol. The maximum atomic E-state index is 13.1. The van der Waals surface area contributed by atoms with E-state index >= 15 is 0 Å². The van der Waals surface area contributed by atoms with Crippen molar-refractivity contribution in [3.05, 3.63) is 53.5 Å². The fourth-order valence-corrected chi connectivity index (χ4v) is 2.77. The van der Waals surface area contributed by atoms with Gasteiger partial charge in [0.05, 0.1) is 6.54 Å². The van der Waals surface area contributed by atoms with Crippen molar-refractivity contribution in [3.8, 4) is 5.88 Å². The minimum Gasteiger partial charge on any atom is -0.471 e. The van der Waals surface area contributed by atoms with Crippen LogP contribution in [0, 0.1) is 5.82 Å². The zero-order valence-corrected chi connectivity index (χ0v) is 15.5. The number of halogens is 1. The van der Waals surface area contributed by atoms with Gasteiger partial charge in [-0.15, -0.1) is 0 Å². The summed E-state index contributed by atoms with van der Waals surface area (Å²) >= 11 is 0. The summed E-state index contributed by atoms with van der Waals surface area (Å²) in [5.41, 5.74) is 1.87. The summed E-state index contributed by atoms with van der Waals surface area (Å²) in [6.45, 7) is 7.77. The zero-order valence-electron chi connectivity index (χ0n) is 15.5. The van der Waals surface area contributed by atoms with Gasteiger partial charge >= 0.3 is 6.09 Å². The summed E-state index contributed by atoms with van der Waals surface area (Å²) in [5.74, 6) is 0.147. The van der Waals surface area contributed by atoms with E-state index in [4.69, 9.17) is 9.47 Å². The fourth-order valence-electron chi connectivity index (χ4n) is 2.77. The van der Waals surface area contributed by atoms with Crippen molar-refractivity contribution >= 4 is 11.8 Å². The second-order valence-electron chi connectivity index (χ2n) is 7.49. The maximum Gasteiger partial charge on any atom is 0.415 e. The van der Waals surface area contributed by atoms with Crippen molar-refractivity contribution in [2.45, 2.75) is 45.8 Å². The first-order valence-corrected chi connectivity index (χ1v) is 8.62. The summed E-state index contributed by atoms with van der Waals surface area (Å²) in [5, 5.41) is 0. The smallest absolute Gasteiger partial charge is 0.415 e. The van der Waals surface area contributed by atoms with E-state index in [1.165, 1.54) is 12.1 Å². The van der Waals surface area contributed by atoms with Gasteiger partial charge in [-0.2, -0.15) is 0 Å². The van der Waals surface area contributed by atoms with E-state index in [-0.39, 0.29) is 11.9 Å². The Kier molecular flexibility index (Phi) is 4.85. The number of anilines is 1. The molecule has 0 fully saturated rings. The number of pyridine rings is 1. The number of fused-ring (bicyclic) bond motifs is 1. The van der Waals surface area contributed by atoms with E-state index in [1.807, 2.05) is 33.8 Å². The Bertz CT molecular complexity index is 800. The van der Waals surface area contributed by atoms with Gasteiger partial charge < -0.3 is 9.47 Å². The molecule has 1 aromatic carbocycles. The monoisotopic (exact) mass is 358 g/mol. The molecule has 0 N–H and O–H groups in total. The molecule has 26 heavy (non-hydrogen) atoms. The topological polar surface area (TPSA) is 51.7 Å². The van der Waals surface area contributed by atoms with Crippen LogP contribution >= 0.6 is 0 Å². The Labute approximate surface area is 152 Å². The molecular weight excluding hydrogens is 335 g/mol. The number of aromatic nitrogens is 1. The fraction of sp³-hybridized carbons (Fsp3) is 0.400. The minimum atomic E-state index is -0.585. The molecule has 2 aromatic rings. The molecule has 0 saturated heterocycles. The third-order valence-corrected chi connectivity index (χ3v) is 3.87. The number of carbonyl (C=O) groups is 1. The summed E-state index contributed by atoms with van der Waals surface area (Å²) in [6, 6.07) is 8.21. The first kappa shape index (κ1) is 18.2. The minimum absolute atomic E-state index is 0.175. The van der Waals surface area contributed by atoms with Crippen LogP contribution in [-0.2, 0) is 11.2 Å². The summed E-state index contributed by atoms with van der Waals surface area (Å²) in [7, 11) is 0. The van der Waals surface area contributed by atoms with Crippen molar-refractivity contribution in [3.63, 3.8) is 0 Å². The van der Waals surface area contributed by atoms with Crippen LogP contribution in [-0.4, -0.2) is 29.3 Å². The highest BCUT2D eigenvalue weighted by Crippen LogP contribution is 2.33. The van der Waals surface area contributed by atoms with E-state index in [1.54, 1.807) is 23.2 Å². The van der Waals surface area contributed by atoms with E-state index < -0.39 is 11.7 Å². The van der Waals surface area contributed by atoms with Crippen LogP contribution in [0.1, 0.15) is 38.8 Å². The lowest BCUT2D eigenvalue weighted by molar-refractivity contribution is 0.0550. The molecule has 1 amide bonds. The van der Waals surface area contributed by atoms with Gasteiger partial charge in [-0.1, -0.05) is 12.1 Å². The molecule has 1 unspecified atom stereocenters. The molecule has 5 nitrogen and oxygen atoms in total. The van der Waals surface area contributed by atoms with Crippen molar-refractivity contribution < 1.29 is 18.7 Å². The number of amides is 1. The lowest BCUT2D eigenvalue weighted by atomic mass is 10.1. The van der Waals surface area contributed by atoms with Gasteiger partial charge in [0.25, 0.3) is 0 Å². The molecule has 1 aliphatic heterocycles. The van der Waals surface area contributed by atoms with Gasteiger partial charge in [0.2, 0.25) is 5.88 Å². The predicted octanol–water partition coefficient (Wildman–Crippen LogP) is 4.33. The SMILES string of the molecule is CC1CN(C(=O)OC(C)(C)C)c2cc(Cc3ccc(F)cc3)cnc2O1. The maximum absolute atomic E-state index is 13.1. The molecule has 0 radical (unpaired) electrons. The second-order valence-corrected chi connectivity index (χ2v) is 7.49. The van der Waals surface area contributed by atoms with Crippen LogP contribution in [0.3, 0.4) is 0 Å². The molecule has 0 spiro atoms. The molecule has 6 heteroatoms. The van der Waals surface area contributed by atoms with Gasteiger partial charge in [-0.05, 0) is 63.4 Å². The van der Waals surface area contributed by atoms with E-state index in [0.29, 0.717) is 24.5 Å². The molecular formula is C20H23FN2O3. The highest BCUT2D eigenvalue weighted by molar-refractivity contribution is 5.90. The van der Waals surface area contributed by atoms with Crippen LogP contribution in [0.15, 0.2) is 36.5 Å². The lowest BCUT2D eigenvalue weighted by Crippen LogP contribution is -2.45. The lowest BCUT2D eigenvalue weighted by Gasteiger charge is -2.34. The first-order valence-electron chi connectivity index (χ1n) is 8.62. The molecule has 0 bridgehead atoms. The molecule has 1 atom stereocenters. The Morgan fingerprint density at radius 2 is 2.00 bits per heavy atom. The standard InChI is InChI=1S/C20H23FN2O3/c1-13-12-23(19(24)26-20(2,3)4)17-10-15(11-22-18(17)25-13)9-14-5-7-16(21)8-6-14/h5-8,10-11,13H,9,12H2,1-4H3. The number of hydrogen-bond donors (Lipinski definition) is 0. The molecule has 1 aliphatic rings. The van der Waals surface area contributed by atoms with Crippen molar-refractivity contribution in [1.82, 2.24) is 4.98 Å². The number of ether oxygens (including phenoxy) is 2. The normalized spacial score (nSPS) is 16.7. The molecule has 1 aromatic heterocycles. The third kappa shape index (κ3) is 4.31.